The maximum absolute atomic E-state index is 13.8. The Bertz CT molecular complexity index is 504. The van der Waals surface area contributed by atoms with Gasteiger partial charge in [0.1, 0.15) is 0 Å². The highest BCUT2D eigenvalue weighted by atomic mass is 19.2. The number of halogens is 2. The van der Waals surface area contributed by atoms with Crippen LogP contribution in [0.1, 0.15) is 25.3 Å². The fraction of sp³-hybridized carbons (Fsp3) is 0.571. The van der Waals surface area contributed by atoms with Gasteiger partial charge in [-0.3, -0.25) is 0 Å². The molecule has 0 amide bonds. The molecule has 112 valence electrons. The van der Waals surface area contributed by atoms with Crippen LogP contribution in [0.15, 0.2) is 12.1 Å². The third-order valence-corrected chi connectivity index (χ3v) is 3.64. The van der Waals surface area contributed by atoms with Crippen LogP contribution in [0.2, 0.25) is 0 Å². The molecule has 1 aromatic carbocycles. The molecule has 0 bridgehead atoms. The minimum Gasteiger partial charge on any atom is -0.493 e. The Morgan fingerprint density at radius 1 is 1.25 bits per heavy atom. The number of ether oxygens (including phenoxy) is 3. The molecule has 6 heteroatoms. The third-order valence-electron chi connectivity index (χ3n) is 3.64. The molecule has 2 unspecified atom stereocenters. The van der Waals surface area contributed by atoms with Gasteiger partial charge in [-0.1, -0.05) is 6.07 Å². The van der Waals surface area contributed by atoms with E-state index >= 15 is 0 Å². The Hall–Kier alpha value is -1.24. The van der Waals surface area contributed by atoms with Gasteiger partial charge in [-0.05, 0) is 19.9 Å². The van der Waals surface area contributed by atoms with E-state index in [1.165, 1.54) is 20.3 Å². The van der Waals surface area contributed by atoms with Crippen molar-refractivity contribution >= 4 is 0 Å². The quantitative estimate of drug-likeness (QED) is 0.926. The Morgan fingerprint density at radius 3 is 2.45 bits per heavy atom. The summed E-state index contributed by atoms with van der Waals surface area (Å²) in [7, 11) is 2.73. The second kappa shape index (κ2) is 5.27. The highest BCUT2D eigenvalue weighted by Crippen LogP contribution is 2.45. The summed E-state index contributed by atoms with van der Waals surface area (Å²) in [5, 5.41) is 10.1. The first-order valence-corrected chi connectivity index (χ1v) is 6.24. The van der Waals surface area contributed by atoms with Gasteiger partial charge in [0.15, 0.2) is 17.9 Å². The molecular weight excluding hydrogens is 270 g/mol. The Morgan fingerprint density at radius 2 is 1.90 bits per heavy atom. The summed E-state index contributed by atoms with van der Waals surface area (Å²) in [4.78, 5) is 0. The average Bonchev–Trinajstić information content (AvgIpc) is 2.61. The molecule has 0 aromatic heterocycles. The van der Waals surface area contributed by atoms with Gasteiger partial charge in [0.2, 0.25) is 5.82 Å². The first kappa shape index (κ1) is 15.2. The normalized spacial score (nSPS) is 28.6. The third kappa shape index (κ3) is 2.28. The van der Waals surface area contributed by atoms with Crippen molar-refractivity contribution in [3.05, 3.63) is 29.3 Å². The molecule has 1 fully saturated rings. The highest BCUT2D eigenvalue weighted by Gasteiger charge is 2.51. The molecule has 1 aliphatic rings. The number of rotatable bonds is 3. The van der Waals surface area contributed by atoms with E-state index in [1.807, 2.05) is 0 Å². The molecule has 2 rings (SSSR count). The first-order chi connectivity index (χ1) is 9.33. The number of aliphatic hydroxyl groups excluding tert-OH is 1. The fourth-order valence-electron chi connectivity index (χ4n) is 2.80. The SMILES string of the molecule is COc1c(C2C(OC)C(C)(C)O[C@@H]2O)ccc(F)c1F. The van der Waals surface area contributed by atoms with Crippen LogP contribution in [0.5, 0.6) is 5.75 Å². The summed E-state index contributed by atoms with van der Waals surface area (Å²) >= 11 is 0. The molecule has 1 saturated heterocycles. The number of hydrogen-bond acceptors (Lipinski definition) is 4. The summed E-state index contributed by atoms with van der Waals surface area (Å²) in [6.07, 6.45) is -1.70. The van der Waals surface area contributed by atoms with Gasteiger partial charge >= 0.3 is 0 Å². The van der Waals surface area contributed by atoms with Crippen LogP contribution in [0, 0.1) is 11.6 Å². The van der Waals surface area contributed by atoms with E-state index in [0.717, 1.165) is 6.07 Å². The summed E-state index contributed by atoms with van der Waals surface area (Å²) in [6, 6.07) is 2.37. The van der Waals surface area contributed by atoms with Gasteiger partial charge in [-0.15, -0.1) is 0 Å². The molecule has 3 atom stereocenters. The average molecular weight is 288 g/mol. The van der Waals surface area contributed by atoms with Crippen molar-refractivity contribution in [2.24, 2.45) is 0 Å². The van der Waals surface area contributed by atoms with Crippen LogP contribution in [0.4, 0.5) is 8.78 Å². The lowest BCUT2D eigenvalue weighted by molar-refractivity contribution is -0.138. The van der Waals surface area contributed by atoms with Crippen molar-refractivity contribution in [3.8, 4) is 5.75 Å². The molecule has 0 aliphatic carbocycles. The molecule has 1 N–H and O–H groups in total. The van der Waals surface area contributed by atoms with Crippen molar-refractivity contribution in [3.63, 3.8) is 0 Å². The minimum atomic E-state index is -1.19. The maximum Gasteiger partial charge on any atom is 0.200 e. The number of hydrogen-bond donors (Lipinski definition) is 1. The largest absolute Gasteiger partial charge is 0.493 e. The fourth-order valence-corrected chi connectivity index (χ4v) is 2.80. The molecule has 0 spiro atoms. The molecule has 20 heavy (non-hydrogen) atoms. The summed E-state index contributed by atoms with van der Waals surface area (Å²) < 4.78 is 42.9. The van der Waals surface area contributed by atoms with Crippen LogP contribution >= 0.6 is 0 Å². The Kier molecular flexibility index (Phi) is 4.00. The molecule has 4 nitrogen and oxygen atoms in total. The van der Waals surface area contributed by atoms with Crippen molar-refractivity contribution in [2.75, 3.05) is 14.2 Å². The standard InChI is InChI=1S/C14H18F2O4/c1-14(2)12(19-4)9(13(17)20-14)7-5-6-8(15)10(16)11(7)18-3/h5-6,9,12-13,17H,1-4H3/t9?,12?,13-/m0/s1. The summed E-state index contributed by atoms with van der Waals surface area (Å²) in [6.45, 7) is 3.52. The van der Waals surface area contributed by atoms with Crippen LogP contribution < -0.4 is 4.74 Å². The highest BCUT2D eigenvalue weighted by molar-refractivity contribution is 5.40. The van der Waals surface area contributed by atoms with Gasteiger partial charge in [-0.25, -0.2) is 4.39 Å². The summed E-state index contributed by atoms with van der Waals surface area (Å²) in [5.74, 6) is -3.00. The first-order valence-electron chi connectivity index (χ1n) is 6.24. The van der Waals surface area contributed by atoms with E-state index in [4.69, 9.17) is 14.2 Å². The Balaban J connectivity index is 2.53. The van der Waals surface area contributed by atoms with E-state index in [-0.39, 0.29) is 5.75 Å². The van der Waals surface area contributed by atoms with Crippen molar-refractivity contribution in [1.82, 2.24) is 0 Å². The maximum atomic E-state index is 13.8. The van der Waals surface area contributed by atoms with Gasteiger partial charge in [0.25, 0.3) is 0 Å². The number of methoxy groups -OCH3 is 2. The lowest BCUT2D eigenvalue weighted by Gasteiger charge is -2.27. The number of benzene rings is 1. The van der Waals surface area contributed by atoms with Crippen LogP contribution in [0.3, 0.4) is 0 Å². The van der Waals surface area contributed by atoms with E-state index < -0.39 is 35.5 Å². The molecule has 1 aromatic rings. The smallest absolute Gasteiger partial charge is 0.200 e. The predicted molar refractivity (Wildman–Crippen MR) is 67.6 cm³/mol. The Labute approximate surface area is 116 Å². The van der Waals surface area contributed by atoms with Crippen LogP contribution in [0.25, 0.3) is 0 Å². The second-order valence-electron chi connectivity index (χ2n) is 5.28. The van der Waals surface area contributed by atoms with E-state index in [9.17, 15) is 13.9 Å². The predicted octanol–water partition coefficient (Wildman–Crippen LogP) is 2.20. The van der Waals surface area contributed by atoms with Crippen LogP contribution in [-0.4, -0.2) is 37.3 Å². The van der Waals surface area contributed by atoms with Gasteiger partial charge in [-0.2, -0.15) is 4.39 Å². The molecular formula is C14H18F2O4. The second-order valence-corrected chi connectivity index (χ2v) is 5.28. The number of aliphatic hydroxyl groups is 1. The minimum absolute atomic E-state index is 0.239. The van der Waals surface area contributed by atoms with Crippen LogP contribution in [-0.2, 0) is 9.47 Å². The topological polar surface area (TPSA) is 47.9 Å². The van der Waals surface area contributed by atoms with Crippen molar-refractivity contribution < 1.29 is 28.1 Å². The van der Waals surface area contributed by atoms with E-state index in [0.29, 0.717) is 5.56 Å². The van der Waals surface area contributed by atoms with E-state index in [2.05, 4.69) is 0 Å². The van der Waals surface area contributed by atoms with Gasteiger partial charge in [0, 0.05) is 12.7 Å². The van der Waals surface area contributed by atoms with Crippen molar-refractivity contribution in [1.29, 1.82) is 0 Å². The lowest BCUT2D eigenvalue weighted by atomic mass is 9.86. The monoisotopic (exact) mass is 288 g/mol. The molecule has 0 radical (unpaired) electrons. The zero-order valence-electron chi connectivity index (χ0n) is 11.8. The zero-order chi connectivity index (χ0) is 15.1. The molecule has 0 saturated carbocycles. The summed E-state index contributed by atoms with van der Waals surface area (Å²) in [5.41, 5.74) is -0.439. The van der Waals surface area contributed by atoms with Crippen molar-refractivity contribution in [2.45, 2.75) is 37.8 Å². The lowest BCUT2D eigenvalue weighted by Crippen LogP contribution is -2.36. The van der Waals surface area contributed by atoms with Gasteiger partial charge < -0.3 is 19.3 Å². The zero-order valence-corrected chi connectivity index (χ0v) is 11.8. The van der Waals surface area contributed by atoms with Gasteiger partial charge in [0.05, 0.1) is 24.7 Å². The molecule has 1 aliphatic heterocycles. The molecule has 1 heterocycles. The van der Waals surface area contributed by atoms with E-state index in [1.54, 1.807) is 13.8 Å².